The molecule has 26 heavy (non-hydrogen) atoms. The molecule has 0 aliphatic heterocycles. The summed E-state index contributed by atoms with van der Waals surface area (Å²) in [5, 5.41) is 7.60. The summed E-state index contributed by atoms with van der Waals surface area (Å²) in [4.78, 5) is 28.3. The number of rotatable bonds is 6. The van der Waals surface area contributed by atoms with Crippen LogP contribution < -0.4 is 15.4 Å². The van der Waals surface area contributed by atoms with Gasteiger partial charge < -0.3 is 19.9 Å². The highest BCUT2D eigenvalue weighted by Gasteiger charge is 2.11. The Morgan fingerprint density at radius 1 is 1.31 bits per heavy atom. The van der Waals surface area contributed by atoms with Crippen molar-refractivity contribution in [1.82, 2.24) is 14.9 Å². The van der Waals surface area contributed by atoms with Crippen LogP contribution in [0.1, 0.15) is 10.4 Å². The summed E-state index contributed by atoms with van der Waals surface area (Å²) in [5.74, 6) is 0.113. The second kappa shape index (κ2) is 7.83. The van der Waals surface area contributed by atoms with Crippen molar-refractivity contribution < 1.29 is 14.3 Å². The Hall–Kier alpha value is -3.13. The fourth-order valence-electron chi connectivity index (χ4n) is 2.31. The first kappa shape index (κ1) is 17.7. The van der Waals surface area contributed by atoms with Gasteiger partial charge in [0.15, 0.2) is 5.13 Å². The molecule has 0 fully saturated rings. The monoisotopic (exact) mass is 370 g/mol. The van der Waals surface area contributed by atoms with Crippen LogP contribution in [0.5, 0.6) is 5.75 Å². The highest BCUT2D eigenvalue weighted by molar-refractivity contribution is 7.14. The van der Waals surface area contributed by atoms with Crippen molar-refractivity contribution in [3.63, 3.8) is 0 Å². The summed E-state index contributed by atoms with van der Waals surface area (Å²) < 4.78 is 6.97. The van der Waals surface area contributed by atoms with Crippen molar-refractivity contribution in [2.24, 2.45) is 7.05 Å². The zero-order chi connectivity index (χ0) is 18.5. The summed E-state index contributed by atoms with van der Waals surface area (Å²) in [6.45, 7) is -0.123. The first-order valence-electron chi connectivity index (χ1n) is 7.85. The molecule has 0 bridgehead atoms. The van der Waals surface area contributed by atoms with E-state index in [1.807, 2.05) is 36.7 Å². The van der Waals surface area contributed by atoms with Crippen molar-refractivity contribution in [3.05, 3.63) is 53.7 Å². The molecule has 2 aromatic heterocycles. The fourth-order valence-corrected chi connectivity index (χ4v) is 3.05. The van der Waals surface area contributed by atoms with Crippen molar-refractivity contribution in [1.29, 1.82) is 0 Å². The number of aryl methyl sites for hydroxylation is 1. The highest BCUT2D eigenvalue weighted by atomic mass is 32.1. The first-order chi connectivity index (χ1) is 12.5. The molecule has 0 aliphatic rings. The first-order valence-corrected chi connectivity index (χ1v) is 8.73. The summed E-state index contributed by atoms with van der Waals surface area (Å²) >= 11 is 1.32. The van der Waals surface area contributed by atoms with Crippen molar-refractivity contribution >= 4 is 28.3 Å². The number of carbonyl (C=O) groups excluding carboxylic acids is 2. The lowest BCUT2D eigenvalue weighted by atomic mass is 10.2. The third-order valence-electron chi connectivity index (χ3n) is 3.62. The largest absolute Gasteiger partial charge is 0.497 e. The standard InChI is InChI=1S/C18H18N4O3S/c1-22-7-6-13(10-22)17(24)19-9-16(23)21-18-20-15(11-26-18)12-4-3-5-14(8-12)25-2/h3-8,10-11H,9H2,1-2H3,(H,19,24)(H,20,21,23). The van der Waals surface area contributed by atoms with Crippen molar-refractivity contribution in [3.8, 4) is 17.0 Å². The molecule has 1 aromatic carbocycles. The lowest BCUT2D eigenvalue weighted by Crippen LogP contribution is -2.32. The highest BCUT2D eigenvalue weighted by Crippen LogP contribution is 2.27. The molecule has 2 N–H and O–H groups in total. The van der Waals surface area contributed by atoms with Gasteiger partial charge in [-0.25, -0.2) is 4.98 Å². The number of thiazole rings is 1. The van der Waals surface area contributed by atoms with E-state index in [4.69, 9.17) is 4.74 Å². The Balaban J connectivity index is 1.56. The van der Waals surface area contributed by atoms with Crippen LogP contribution in [0.25, 0.3) is 11.3 Å². The van der Waals surface area contributed by atoms with Gasteiger partial charge >= 0.3 is 0 Å². The second-order valence-corrected chi connectivity index (χ2v) is 6.42. The van der Waals surface area contributed by atoms with Gasteiger partial charge in [0.1, 0.15) is 5.75 Å². The van der Waals surface area contributed by atoms with Crippen LogP contribution in [0, 0.1) is 0 Å². The van der Waals surface area contributed by atoms with Crippen molar-refractivity contribution in [2.75, 3.05) is 19.0 Å². The molecular weight excluding hydrogens is 352 g/mol. The Morgan fingerprint density at radius 2 is 2.15 bits per heavy atom. The van der Waals surface area contributed by atoms with Crippen LogP contribution in [0.15, 0.2) is 48.1 Å². The van der Waals surface area contributed by atoms with Gasteiger partial charge in [0.25, 0.3) is 5.91 Å². The summed E-state index contributed by atoms with van der Waals surface area (Å²) in [7, 11) is 3.43. The third-order valence-corrected chi connectivity index (χ3v) is 4.38. The number of ether oxygens (including phenoxy) is 1. The second-order valence-electron chi connectivity index (χ2n) is 5.57. The Bertz CT molecular complexity index is 932. The molecule has 3 aromatic rings. The molecule has 0 atom stereocenters. The number of amides is 2. The SMILES string of the molecule is COc1cccc(-c2csc(NC(=O)CNC(=O)c3ccn(C)c3)n2)c1. The molecule has 0 unspecified atom stereocenters. The van der Waals surface area contributed by atoms with E-state index >= 15 is 0 Å². The third kappa shape index (κ3) is 4.28. The molecule has 0 aliphatic carbocycles. The number of anilines is 1. The number of aromatic nitrogens is 2. The van der Waals surface area contributed by atoms with Crippen LogP contribution in [0.2, 0.25) is 0 Å². The lowest BCUT2D eigenvalue weighted by molar-refractivity contribution is -0.115. The summed E-state index contributed by atoms with van der Waals surface area (Å²) in [6.07, 6.45) is 3.46. The van der Waals surface area contributed by atoms with Crippen LogP contribution in [0.4, 0.5) is 5.13 Å². The van der Waals surface area contributed by atoms with E-state index < -0.39 is 0 Å². The Kier molecular flexibility index (Phi) is 5.33. The maximum absolute atomic E-state index is 12.0. The maximum atomic E-state index is 12.0. The number of nitrogens with one attached hydrogen (secondary N) is 2. The quantitative estimate of drug-likeness (QED) is 0.698. The minimum absolute atomic E-state index is 0.123. The molecule has 134 valence electrons. The van der Waals surface area contributed by atoms with E-state index in [1.165, 1.54) is 11.3 Å². The van der Waals surface area contributed by atoms with E-state index in [0.29, 0.717) is 10.7 Å². The zero-order valence-corrected chi connectivity index (χ0v) is 15.2. The van der Waals surface area contributed by atoms with Crippen LogP contribution in [-0.2, 0) is 11.8 Å². The van der Waals surface area contributed by atoms with Gasteiger partial charge in [-0.15, -0.1) is 11.3 Å². The molecule has 3 rings (SSSR count). The molecule has 0 saturated carbocycles. The van der Waals surface area contributed by atoms with E-state index in [2.05, 4.69) is 15.6 Å². The Morgan fingerprint density at radius 3 is 2.88 bits per heavy atom. The molecular formula is C18H18N4O3S. The number of hydrogen-bond donors (Lipinski definition) is 2. The van der Waals surface area contributed by atoms with E-state index in [9.17, 15) is 9.59 Å². The average Bonchev–Trinajstić information content (AvgIpc) is 3.29. The normalized spacial score (nSPS) is 10.4. The number of carbonyl (C=O) groups is 2. The smallest absolute Gasteiger partial charge is 0.253 e. The van der Waals surface area contributed by atoms with Gasteiger partial charge in [-0.1, -0.05) is 12.1 Å². The summed E-state index contributed by atoms with van der Waals surface area (Å²) in [6, 6.07) is 9.22. The average molecular weight is 370 g/mol. The Labute approximate surface area is 154 Å². The number of hydrogen-bond acceptors (Lipinski definition) is 5. The number of methoxy groups -OCH3 is 1. The number of nitrogens with zero attached hydrogens (tertiary/aromatic N) is 2. The van der Waals surface area contributed by atoms with Gasteiger partial charge in [0.2, 0.25) is 5.91 Å². The van der Waals surface area contributed by atoms with Crippen LogP contribution in [0.3, 0.4) is 0 Å². The zero-order valence-electron chi connectivity index (χ0n) is 14.4. The van der Waals surface area contributed by atoms with E-state index in [-0.39, 0.29) is 18.4 Å². The molecule has 7 nitrogen and oxygen atoms in total. The van der Waals surface area contributed by atoms with Gasteiger partial charge in [0.05, 0.1) is 24.9 Å². The van der Waals surface area contributed by atoms with Gasteiger partial charge in [-0.05, 0) is 18.2 Å². The maximum Gasteiger partial charge on any atom is 0.253 e. The fraction of sp³-hybridized carbons (Fsp3) is 0.167. The van der Waals surface area contributed by atoms with Gasteiger partial charge in [0, 0.05) is 30.4 Å². The molecule has 0 radical (unpaired) electrons. The number of benzene rings is 1. The van der Waals surface area contributed by atoms with E-state index in [0.717, 1.165) is 17.0 Å². The molecule has 2 heterocycles. The van der Waals surface area contributed by atoms with Crippen LogP contribution >= 0.6 is 11.3 Å². The molecule has 0 spiro atoms. The van der Waals surface area contributed by atoms with E-state index in [1.54, 1.807) is 30.1 Å². The molecule has 2 amide bonds. The molecule has 8 heteroatoms. The minimum atomic E-state index is -0.333. The predicted octanol–water partition coefficient (Wildman–Crippen LogP) is 2.53. The van der Waals surface area contributed by atoms with Crippen LogP contribution in [-0.4, -0.2) is 35.0 Å². The lowest BCUT2D eigenvalue weighted by Gasteiger charge is -2.04. The van der Waals surface area contributed by atoms with Gasteiger partial charge in [-0.3, -0.25) is 9.59 Å². The van der Waals surface area contributed by atoms with Crippen molar-refractivity contribution in [2.45, 2.75) is 0 Å². The topological polar surface area (TPSA) is 85.3 Å². The molecule has 0 saturated heterocycles. The minimum Gasteiger partial charge on any atom is -0.497 e. The summed E-state index contributed by atoms with van der Waals surface area (Å²) in [5.41, 5.74) is 2.16. The predicted molar refractivity (Wildman–Crippen MR) is 100 cm³/mol. The van der Waals surface area contributed by atoms with Gasteiger partial charge in [-0.2, -0.15) is 0 Å².